The van der Waals surface area contributed by atoms with Gasteiger partial charge in [0.2, 0.25) is 0 Å². The van der Waals surface area contributed by atoms with E-state index in [4.69, 9.17) is 11.5 Å². The summed E-state index contributed by atoms with van der Waals surface area (Å²) in [4.78, 5) is 4.25. The number of nitrogens with zero attached hydrogens (tertiary/aromatic N) is 1. The fraction of sp³-hybridized carbons (Fsp3) is 0.0833. The van der Waals surface area contributed by atoms with E-state index in [0.717, 1.165) is 22.5 Å². The predicted octanol–water partition coefficient (Wildman–Crippen LogP) is 2.22. The van der Waals surface area contributed by atoms with Gasteiger partial charge in [-0.2, -0.15) is 0 Å². The molecule has 0 bridgehead atoms. The topological polar surface area (TPSA) is 64.9 Å². The largest absolute Gasteiger partial charge is 0.398 e. The standard InChI is InChI=1S/C12H13N3/c1-8-6-11(14)9(7-10(8)13)12-4-2-3-5-15-12/h2-7H,13-14H2,1H3. The van der Waals surface area contributed by atoms with E-state index in [2.05, 4.69) is 4.98 Å². The first-order chi connectivity index (χ1) is 7.18. The highest BCUT2D eigenvalue weighted by Gasteiger charge is 2.05. The number of nitrogen functional groups attached to an aromatic ring is 2. The van der Waals surface area contributed by atoms with Crippen molar-refractivity contribution in [1.82, 2.24) is 4.98 Å². The molecule has 2 rings (SSSR count). The highest BCUT2D eigenvalue weighted by Crippen LogP contribution is 2.28. The van der Waals surface area contributed by atoms with E-state index in [1.165, 1.54) is 0 Å². The summed E-state index contributed by atoms with van der Waals surface area (Å²) >= 11 is 0. The van der Waals surface area contributed by atoms with Crippen molar-refractivity contribution in [1.29, 1.82) is 0 Å². The maximum Gasteiger partial charge on any atom is 0.0723 e. The van der Waals surface area contributed by atoms with Crippen molar-refractivity contribution in [2.75, 3.05) is 11.5 Å². The van der Waals surface area contributed by atoms with Crippen LogP contribution in [0.4, 0.5) is 11.4 Å². The molecule has 3 heteroatoms. The molecule has 0 saturated heterocycles. The van der Waals surface area contributed by atoms with Gasteiger partial charge in [0.05, 0.1) is 5.69 Å². The Kier molecular flexibility index (Phi) is 2.29. The Hall–Kier alpha value is -2.03. The number of benzene rings is 1. The van der Waals surface area contributed by atoms with E-state index >= 15 is 0 Å². The van der Waals surface area contributed by atoms with Crippen molar-refractivity contribution < 1.29 is 0 Å². The van der Waals surface area contributed by atoms with E-state index in [1.807, 2.05) is 37.3 Å². The molecule has 4 N–H and O–H groups in total. The molecule has 0 aliphatic carbocycles. The zero-order chi connectivity index (χ0) is 10.8. The molecule has 1 aromatic heterocycles. The van der Waals surface area contributed by atoms with Crippen LogP contribution < -0.4 is 11.5 Å². The molecule has 0 fully saturated rings. The summed E-state index contributed by atoms with van der Waals surface area (Å²) in [6, 6.07) is 9.46. The van der Waals surface area contributed by atoms with Gasteiger partial charge in [0.25, 0.3) is 0 Å². The van der Waals surface area contributed by atoms with Crippen LogP contribution in [-0.2, 0) is 0 Å². The summed E-state index contributed by atoms with van der Waals surface area (Å²) in [7, 11) is 0. The summed E-state index contributed by atoms with van der Waals surface area (Å²) < 4.78 is 0. The predicted molar refractivity (Wildman–Crippen MR) is 63.2 cm³/mol. The van der Waals surface area contributed by atoms with Crippen LogP contribution in [0, 0.1) is 6.92 Å². The molecule has 0 unspecified atom stereocenters. The van der Waals surface area contributed by atoms with Crippen LogP contribution in [0.25, 0.3) is 11.3 Å². The van der Waals surface area contributed by atoms with Crippen LogP contribution in [0.1, 0.15) is 5.56 Å². The van der Waals surface area contributed by atoms with Gasteiger partial charge in [-0.15, -0.1) is 0 Å². The van der Waals surface area contributed by atoms with Crippen LogP contribution in [0.15, 0.2) is 36.5 Å². The third-order valence-electron chi connectivity index (χ3n) is 2.38. The van der Waals surface area contributed by atoms with Crippen molar-refractivity contribution in [3.63, 3.8) is 0 Å². The van der Waals surface area contributed by atoms with Gasteiger partial charge in [-0.05, 0) is 36.8 Å². The molecule has 1 aromatic carbocycles. The fourth-order valence-corrected chi connectivity index (χ4v) is 1.49. The quantitative estimate of drug-likeness (QED) is 0.692. The molecule has 0 radical (unpaired) electrons. The lowest BCUT2D eigenvalue weighted by atomic mass is 10.0. The lowest BCUT2D eigenvalue weighted by Gasteiger charge is -2.08. The van der Waals surface area contributed by atoms with Crippen LogP contribution in [0.3, 0.4) is 0 Å². The first-order valence-electron chi connectivity index (χ1n) is 4.75. The Bertz CT molecular complexity index is 478. The van der Waals surface area contributed by atoms with Gasteiger partial charge < -0.3 is 11.5 Å². The average Bonchev–Trinajstić information content (AvgIpc) is 2.25. The van der Waals surface area contributed by atoms with Crippen LogP contribution in [0.5, 0.6) is 0 Å². The first-order valence-corrected chi connectivity index (χ1v) is 4.75. The molecule has 0 aliphatic heterocycles. The number of anilines is 2. The van der Waals surface area contributed by atoms with Gasteiger partial charge in [-0.1, -0.05) is 6.07 Å². The van der Waals surface area contributed by atoms with Crippen LogP contribution in [0.2, 0.25) is 0 Å². The Morgan fingerprint density at radius 2 is 1.87 bits per heavy atom. The van der Waals surface area contributed by atoms with Crippen molar-refractivity contribution in [3.8, 4) is 11.3 Å². The van der Waals surface area contributed by atoms with Crippen molar-refractivity contribution in [2.45, 2.75) is 6.92 Å². The SMILES string of the molecule is Cc1cc(N)c(-c2ccccn2)cc1N. The van der Waals surface area contributed by atoms with Crippen LogP contribution in [-0.4, -0.2) is 4.98 Å². The second kappa shape index (κ2) is 3.61. The molecule has 3 nitrogen and oxygen atoms in total. The molecule has 2 aromatic rings. The Labute approximate surface area is 88.8 Å². The number of nitrogens with two attached hydrogens (primary N) is 2. The van der Waals surface area contributed by atoms with Gasteiger partial charge in [0.1, 0.15) is 0 Å². The van der Waals surface area contributed by atoms with Gasteiger partial charge in [0, 0.05) is 23.1 Å². The van der Waals surface area contributed by atoms with Gasteiger partial charge in [-0.25, -0.2) is 0 Å². The molecule has 1 heterocycles. The summed E-state index contributed by atoms with van der Waals surface area (Å²) in [6.45, 7) is 1.94. The van der Waals surface area contributed by atoms with Crippen molar-refractivity contribution in [2.24, 2.45) is 0 Å². The molecule has 0 aliphatic rings. The molecule has 0 spiro atoms. The number of rotatable bonds is 1. The average molecular weight is 199 g/mol. The minimum atomic E-state index is 0.709. The minimum Gasteiger partial charge on any atom is -0.398 e. The third kappa shape index (κ3) is 1.76. The van der Waals surface area contributed by atoms with Crippen molar-refractivity contribution in [3.05, 3.63) is 42.1 Å². The molecule has 0 atom stereocenters. The maximum absolute atomic E-state index is 5.93. The number of hydrogen-bond acceptors (Lipinski definition) is 3. The summed E-state index contributed by atoms with van der Waals surface area (Å²) in [6.07, 6.45) is 1.74. The molecule has 0 saturated carbocycles. The third-order valence-corrected chi connectivity index (χ3v) is 2.38. The van der Waals surface area contributed by atoms with Gasteiger partial charge in [0.15, 0.2) is 0 Å². The molecular formula is C12H13N3. The van der Waals surface area contributed by atoms with E-state index in [1.54, 1.807) is 6.20 Å². The second-order valence-corrected chi connectivity index (χ2v) is 3.51. The lowest BCUT2D eigenvalue weighted by Crippen LogP contribution is -1.97. The number of pyridine rings is 1. The Morgan fingerprint density at radius 1 is 1.07 bits per heavy atom. The first kappa shape index (κ1) is 9.52. The second-order valence-electron chi connectivity index (χ2n) is 3.51. The zero-order valence-corrected chi connectivity index (χ0v) is 8.57. The van der Waals surface area contributed by atoms with E-state index in [9.17, 15) is 0 Å². The van der Waals surface area contributed by atoms with Gasteiger partial charge in [-0.3, -0.25) is 4.98 Å². The Balaban J connectivity index is 2.59. The summed E-state index contributed by atoms with van der Waals surface area (Å²) in [5.74, 6) is 0. The lowest BCUT2D eigenvalue weighted by molar-refractivity contribution is 1.32. The summed E-state index contributed by atoms with van der Waals surface area (Å²) in [5, 5.41) is 0. The number of aromatic nitrogens is 1. The molecule has 0 amide bonds. The highest BCUT2D eigenvalue weighted by molar-refractivity contribution is 5.78. The van der Waals surface area contributed by atoms with E-state index in [0.29, 0.717) is 5.69 Å². The van der Waals surface area contributed by atoms with Crippen LogP contribution >= 0.6 is 0 Å². The zero-order valence-electron chi connectivity index (χ0n) is 8.57. The summed E-state index contributed by atoms with van der Waals surface area (Å²) in [5.41, 5.74) is 15.9. The van der Waals surface area contributed by atoms with E-state index in [-0.39, 0.29) is 0 Å². The smallest absolute Gasteiger partial charge is 0.0723 e. The maximum atomic E-state index is 5.93. The van der Waals surface area contributed by atoms with Crippen molar-refractivity contribution >= 4 is 11.4 Å². The Morgan fingerprint density at radius 3 is 2.53 bits per heavy atom. The molecular weight excluding hydrogens is 186 g/mol. The highest BCUT2D eigenvalue weighted by atomic mass is 14.7. The number of aryl methyl sites for hydroxylation is 1. The fourth-order valence-electron chi connectivity index (χ4n) is 1.49. The monoisotopic (exact) mass is 199 g/mol. The molecule has 15 heavy (non-hydrogen) atoms. The number of hydrogen-bond donors (Lipinski definition) is 2. The normalized spacial score (nSPS) is 10.2. The van der Waals surface area contributed by atoms with E-state index < -0.39 is 0 Å². The van der Waals surface area contributed by atoms with Gasteiger partial charge >= 0.3 is 0 Å². The minimum absolute atomic E-state index is 0.709. The molecule has 76 valence electrons.